The second-order valence-corrected chi connectivity index (χ2v) is 11.5. The van der Waals surface area contributed by atoms with Crippen LogP contribution in [0.5, 0.6) is 5.75 Å². The number of aliphatic hydroxyl groups is 3. The molecule has 13 heteroatoms. The summed E-state index contributed by atoms with van der Waals surface area (Å²) >= 11 is 0.650. The molecular weight excluding hydrogens is 650 g/mol. The van der Waals surface area contributed by atoms with Crippen LogP contribution in [0.25, 0.3) is 5.76 Å². The van der Waals surface area contributed by atoms with Gasteiger partial charge in [0.1, 0.15) is 22.8 Å². The predicted molar refractivity (Wildman–Crippen MR) is 160 cm³/mol. The van der Waals surface area contributed by atoms with Crippen LogP contribution in [0.4, 0.5) is 14.2 Å². The minimum atomic E-state index is -2.64. The van der Waals surface area contributed by atoms with E-state index in [1.54, 1.807) is 14.1 Å². The molecule has 0 radical (unpaired) electrons. The Labute approximate surface area is 252 Å². The van der Waals surface area contributed by atoms with E-state index < -0.39 is 58.0 Å². The minimum absolute atomic E-state index is 0.0628. The summed E-state index contributed by atoms with van der Waals surface area (Å²) in [6.07, 6.45) is 3.35. The van der Waals surface area contributed by atoms with Gasteiger partial charge in [-0.3, -0.25) is 19.3 Å². The summed E-state index contributed by atoms with van der Waals surface area (Å²) in [6, 6.07) is 0.796. The van der Waals surface area contributed by atoms with Gasteiger partial charge in [0.25, 0.3) is 5.91 Å². The van der Waals surface area contributed by atoms with Gasteiger partial charge < -0.3 is 36.0 Å². The van der Waals surface area contributed by atoms with Crippen molar-refractivity contribution in [2.45, 2.75) is 43.7 Å². The maximum Gasteiger partial charge on any atom is 0.255 e. The number of benzene rings is 1. The molecule has 11 nitrogen and oxygen atoms in total. The number of carbonyl (C=O) groups excluding carboxylic acids is 3. The number of aromatic hydroxyl groups is 1. The third kappa shape index (κ3) is 4.65. The Bertz CT molecular complexity index is 1360. The molecule has 0 spiro atoms. The molecule has 6 N–H and O–H groups in total. The van der Waals surface area contributed by atoms with Crippen molar-refractivity contribution in [3.8, 4) is 5.75 Å². The number of nitrogens with zero attached hydrogens (tertiary/aromatic N) is 3. The molecule has 0 bridgehead atoms. The van der Waals surface area contributed by atoms with E-state index in [0.29, 0.717) is 34.4 Å². The number of carbonyl (C=O) groups is 3. The molecule has 224 valence electrons. The first-order valence-corrected chi connectivity index (χ1v) is 14.2. The van der Waals surface area contributed by atoms with Crippen LogP contribution in [0.1, 0.15) is 36.8 Å². The summed E-state index contributed by atoms with van der Waals surface area (Å²) in [6.45, 7) is 1.49. The highest BCUT2D eigenvalue weighted by atomic mass is 127. The van der Waals surface area contributed by atoms with Gasteiger partial charge in [-0.15, -0.1) is 0 Å². The third-order valence-corrected chi connectivity index (χ3v) is 8.86. The largest absolute Gasteiger partial charge is 0.508 e. The molecule has 1 saturated carbocycles. The van der Waals surface area contributed by atoms with Crippen molar-refractivity contribution in [3.63, 3.8) is 0 Å². The molecule has 1 saturated heterocycles. The fourth-order valence-electron chi connectivity index (χ4n) is 7.05. The second-order valence-electron chi connectivity index (χ2n) is 11.5. The van der Waals surface area contributed by atoms with E-state index in [1.165, 1.54) is 4.90 Å². The zero-order valence-electron chi connectivity index (χ0n) is 23.4. The molecule has 2 fully saturated rings. The highest BCUT2D eigenvalue weighted by molar-refractivity contribution is 14.1. The van der Waals surface area contributed by atoms with Crippen molar-refractivity contribution in [3.05, 3.63) is 34.1 Å². The van der Waals surface area contributed by atoms with E-state index in [9.17, 15) is 37.7 Å². The number of phenols is 1. The SMILES string of the molecule is CN(C)c1cc(N2CCCCC2)c(O)c2c1C[C@H]1C[C@H]3[C@H](N(C)C)C(=O)C(C(N)=O)=C(O)[C@@]3(O)C(=O)C1=C2O.FI. The lowest BCUT2D eigenvalue weighted by Gasteiger charge is -2.50. The number of nitrogens with two attached hydrogens (primary N) is 1. The molecule has 1 aromatic rings. The Balaban J connectivity index is 0.00000189. The van der Waals surface area contributed by atoms with Crippen molar-refractivity contribution < 1.29 is 37.7 Å². The smallest absolute Gasteiger partial charge is 0.255 e. The Hall–Kier alpha value is -2.91. The number of fused-ring (bicyclic) bond motifs is 3. The number of aliphatic hydroxyl groups excluding tert-OH is 2. The van der Waals surface area contributed by atoms with E-state index in [4.69, 9.17) is 5.73 Å². The highest BCUT2D eigenvalue weighted by Crippen LogP contribution is 2.55. The Morgan fingerprint density at radius 2 is 1.71 bits per heavy atom. The summed E-state index contributed by atoms with van der Waals surface area (Å²) in [5.74, 6) is -6.42. The normalized spacial score (nSPS) is 27.6. The van der Waals surface area contributed by atoms with Crippen LogP contribution in [0, 0.1) is 11.8 Å². The Morgan fingerprint density at radius 3 is 2.24 bits per heavy atom. The molecule has 3 aliphatic carbocycles. The van der Waals surface area contributed by atoms with Crippen molar-refractivity contribution in [1.82, 2.24) is 4.90 Å². The summed E-state index contributed by atoms with van der Waals surface area (Å²) in [7, 11) is 6.89. The summed E-state index contributed by atoms with van der Waals surface area (Å²) in [5.41, 5.74) is 3.90. The van der Waals surface area contributed by atoms with Crippen LogP contribution in [0.2, 0.25) is 0 Å². The molecule has 4 atom stereocenters. The van der Waals surface area contributed by atoms with Crippen LogP contribution in [0.15, 0.2) is 23.0 Å². The van der Waals surface area contributed by atoms with E-state index in [2.05, 4.69) is 4.90 Å². The van der Waals surface area contributed by atoms with Gasteiger partial charge in [0.15, 0.2) is 34.5 Å². The van der Waals surface area contributed by atoms with Gasteiger partial charge in [-0.2, -0.15) is 2.86 Å². The van der Waals surface area contributed by atoms with Gasteiger partial charge in [0.05, 0.1) is 17.3 Å². The van der Waals surface area contributed by atoms with Crippen LogP contribution in [-0.2, 0) is 20.8 Å². The van der Waals surface area contributed by atoms with Gasteiger partial charge in [-0.05, 0) is 63.7 Å². The fraction of sp³-hybridized carbons (Fsp3) is 0.536. The van der Waals surface area contributed by atoms with Crippen molar-refractivity contribution in [2.24, 2.45) is 17.6 Å². The number of amides is 1. The average Bonchev–Trinajstić information content (AvgIpc) is 2.92. The molecule has 4 aliphatic rings. The zero-order valence-corrected chi connectivity index (χ0v) is 25.6. The molecular formula is C28H36FIN4O7. The number of halogens is 2. The van der Waals surface area contributed by atoms with Crippen LogP contribution < -0.4 is 15.5 Å². The van der Waals surface area contributed by atoms with E-state index >= 15 is 0 Å². The van der Waals surface area contributed by atoms with Gasteiger partial charge >= 0.3 is 0 Å². The van der Waals surface area contributed by atoms with Gasteiger partial charge in [-0.1, -0.05) is 0 Å². The number of Topliss-reactive ketones (excluding diaryl/α,β-unsaturated/α-hetero) is 2. The van der Waals surface area contributed by atoms with E-state index in [1.807, 2.05) is 25.1 Å². The first-order valence-electron chi connectivity index (χ1n) is 13.4. The van der Waals surface area contributed by atoms with Crippen LogP contribution >= 0.6 is 23.2 Å². The number of likely N-dealkylation sites (N-methyl/N-ethyl adjacent to an activating group) is 1. The summed E-state index contributed by atoms with van der Waals surface area (Å²) in [5, 5.41) is 45.9. The van der Waals surface area contributed by atoms with E-state index in [0.717, 1.165) is 38.0 Å². The molecule has 0 unspecified atom stereocenters. The van der Waals surface area contributed by atoms with E-state index in [-0.39, 0.29) is 29.7 Å². The van der Waals surface area contributed by atoms with Crippen molar-refractivity contribution in [2.75, 3.05) is 51.1 Å². The third-order valence-electron chi connectivity index (χ3n) is 8.86. The maximum absolute atomic E-state index is 14.1. The number of phenolic OH excluding ortho intramolecular Hbond substituents is 1. The number of hydrogen-bond donors (Lipinski definition) is 5. The minimum Gasteiger partial charge on any atom is -0.508 e. The number of hydrogen-bond acceptors (Lipinski definition) is 10. The zero-order chi connectivity index (χ0) is 30.5. The second kappa shape index (κ2) is 11.4. The monoisotopic (exact) mass is 686 g/mol. The summed E-state index contributed by atoms with van der Waals surface area (Å²) < 4.78 is 9.47. The Kier molecular flexibility index (Phi) is 8.63. The van der Waals surface area contributed by atoms with Crippen LogP contribution in [-0.4, -0.2) is 95.7 Å². The quantitative estimate of drug-likeness (QED) is 0.234. The first-order chi connectivity index (χ1) is 19.3. The maximum atomic E-state index is 14.1. The Morgan fingerprint density at radius 1 is 1.10 bits per heavy atom. The molecule has 1 aromatic carbocycles. The molecule has 5 rings (SSSR count). The molecule has 1 aliphatic heterocycles. The summed E-state index contributed by atoms with van der Waals surface area (Å²) in [4.78, 5) is 44.9. The van der Waals surface area contributed by atoms with Gasteiger partial charge in [0, 0.05) is 44.4 Å². The average molecular weight is 687 g/mol. The fourth-order valence-corrected chi connectivity index (χ4v) is 7.05. The first kappa shape index (κ1) is 31.0. The van der Waals surface area contributed by atoms with Crippen molar-refractivity contribution >= 4 is 57.8 Å². The van der Waals surface area contributed by atoms with Gasteiger partial charge in [-0.25, -0.2) is 0 Å². The molecule has 41 heavy (non-hydrogen) atoms. The topological polar surface area (TPSA) is 168 Å². The molecule has 1 amide bonds. The highest BCUT2D eigenvalue weighted by Gasteiger charge is 2.64. The lowest BCUT2D eigenvalue weighted by atomic mass is 9.57. The molecule has 0 aromatic heterocycles. The number of ketones is 2. The lowest BCUT2D eigenvalue weighted by molar-refractivity contribution is -0.153. The number of primary amides is 1. The van der Waals surface area contributed by atoms with Gasteiger partial charge in [0.2, 0.25) is 5.78 Å². The molecule has 1 heterocycles. The van der Waals surface area contributed by atoms with Crippen molar-refractivity contribution in [1.29, 1.82) is 0 Å². The predicted octanol–water partition coefficient (Wildman–Crippen LogP) is 2.33. The number of piperidine rings is 1. The number of anilines is 2. The standard InChI is InChI=1S/C28H36N4O7.FI/c1-30(2)16-12-17(32-8-6-5-7-9-32)22(33)19-14(16)10-13-11-15-21(31(3)4)24(35)20(27(29)38)26(37)28(15,39)25(36)18(13)23(19)34;1-2/h12-13,15,21,33-34,37,39H,5-11H2,1-4H3,(H2,29,38);/t13-,15-,21-,28-;/m0./s1. The van der Waals surface area contributed by atoms with Crippen LogP contribution in [0.3, 0.4) is 0 Å². The lowest BCUT2D eigenvalue weighted by Crippen LogP contribution is -2.65. The number of rotatable bonds is 4.